The number of nitrogens with zero attached hydrogens (tertiary/aromatic N) is 1. The Kier molecular flexibility index (Phi) is 7.34. The molecule has 0 aromatic rings. The van der Waals surface area contributed by atoms with Crippen LogP contribution in [-0.4, -0.2) is 49.2 Å². The Hall–Kier alpha value is -0.610. The summed E-state index contributed by atoms with van der Waals surface area (Å²) < 4.78 is 4.55. The summed E-state index contributed by atoms with van der Waals surface area (Å²) in [5.74, 6) is 0. The molecule has 0 aromatic heterocycles. The van der Waals surface area contributed by atoms with E-state index in [0.717, 1.165) is 19.1 Å². The number of carbonyl (C=O) groups is 1. The van der Waals surface area contributed by atoms with Gasteiger partial charge in [0.15, 0.2) is 0 Å². The van der Waals surface area contributed by atoms with Gasteiger partial charge in [0, 0.05) is 25.7 Å². The van der Waals surface area contributed by atoms with Crippen molar-refractivity contribution in [2.75, 3.05) is 26.2 Å². The molecule has 1 rings (SSSR count). The van der Waals surface area contributed by atoms with Crippen molar-refractivity contribution in [1.82, 2.24) is 10.2 Å². The van der Waals surface area contributed by atoms with E-state index in [9.17, 15) is 4.79 Å². The Bertz CT molecular complexity index is 190. The molecule has 0 aliphatic carbocycles. The van der Waals surface area contributed by atoms with Gasteiger partial charge in [-0.2, -0.15) is 0 Å². The number of hydrogen-bond acceptors (Lipinski definition) is 4. The van der Waals surface area contributed by atoms with Crippen LogP contribution >= 0.6 is 0 Å². The zero-order chi connectivity index (χ0) is 12.6. The monoisotopic (exact) mass is 230 g/mol. The number of likely N-dealkylation sites (N-methyl/N-ethyl adjacent to an activating group) is 1. The number of nitrogens with one attached hydrogen (secondary N) is 1. The van der Waals surface area contributed by atoms with Gasteiger partial charge in [0.05, 0.1) is 0 Å². The van der Waals surface area contributed by atoms with E-state index >= 15 is 0 Å². The first-order valence-electron chi connectivity index (χ1n) is 5.97. The van der Waals surface area contributed by atoms with Gasteiger partial charge in [-0.05, 0) is 34.2 Å². The summed E-state index contributed by atoms with van der Waals surface area (Å²) in [7, 11) is 0. The maximum atomic E-state index is 9.60. The van der Waals surface area contributed by atoms with Gasteiger partial charge < -0.3 is 10.1 Å². The lowest BCUT2D eigenvalue weighted by Gasteiger charge is -2.32. The Morgan fingerprint density at radius 1 is 1.50 bits per heavy atom. The predicted octanol–water partition coefficient (Wildman–Crippen LogP) is 1.26. The minimum Gasteiger partial charge on any atom is -0.462 e. The average Bonchev–Trinajstić information content (AvgIpc) is 2.17. The zero-order valence-corrected chi connectivity index (χ0v) is 11.2. The molecule has 1 aliphatic heterocycles. The van der Waals surface area contributed by atoms with E-state index in [-0.39, 0.29) is 5.60 Å². The normalized spacial score (nSPS) is 21.9. The van der Waals surface area contributed by atoms with Gasteiger partial charge in [0.1, 0.15) is 5.60 Å². The molecule has 1 fully saturated rings. The highest BCUT2D eigenvalue weighted by molar-refractivity contribution is 5.37. The Balaban J connectivity index is 0.000000293. The van der Waals surface area contributed by atoms with Crippen LogP contribution in [0.2, 0.25) is 0 Å². The van der Waals surface area contributed by atoms with Gasteiger partial charge in [0.25, 0.3) is 6.47 Å². The molecular weight excluding hydrogens is 204 g/mol. The number of piperazine rings is 1. The van der Waals surface area contributed by atoms with E-state index < -0.39 is 0 Å². The first-order valence-corrected chi connectivity index (χ1v) is 5.97. The zero-order valence-electron chi connectivity index (χ0n) is 11.2. The maximum Gasteiger partial charge on any atom is 0.293 e. The number of carbonyl (C=O) groups excluding carboxylic acids is 1. The molecule has 0 aromatic carbocycles. The molecule has 1 unspecified atom stereocenters. The summed E-state index contributed by atoms with van der Waals surface area (Å²) in [4.78, 5) is 12.1. The third kappa shape index (κ3) is 7.65. The smallest absolute Gasteiger partial charge is 0.293 e. The summed E-state index contributed by atoms with van der Waals surface area (Å²) >= 11 is 0. The van der Waals surface area contributed by atoms with Crippen molar-refractivity contribution < 1.29 is 9.53 Å². The van der Waals surface area contributed by atoms with Crippen molar-refractivity contribution in [3.05, 3.63) is 0 Å². The largest absolute Gasteiger partial charge is 0.462 e. The molecule has 0 saturated carbocycles. The molecule has 0 bridgehead atoms. The van der Waals surface area contributed by atoms with Crippen LogP contribution in [0.1, 0.15) is 34.6 Å². The number of ether oxygens (including phenoxy) is 1. The fraction of sp³-hybridized carbons (Fsp3) is 0.917. The van der Waals surface area contributed by atoms with Crippen LogP contribution in [0.4, 0.5) is 0 Å². The van der Waals surface area contributed by atoms with Gasteiger partial charge >= 0.3 is 0 Å². The molecule has 1 aliphatic rings. The van der Waals surface area contributed by atoms with Crippen molar-refractivity contribution >= 4 is 6.47 Å². The third-order valence-electron chi connectivity index (χ3n) is 2.45. The van der Waals surface area contributed by atoms with Crippen LogP contribution in [0.25, 0.3) is 0 Å². The van der Waals surface area contributed by atoms with Crippen molar-refractivity contribution in [3.63, 3.8) is 0 Å². The average molecular weight is 230 g/mol. The molecule has 16 heavy (non-hydrogen) atoms. The second-order valence-electron chi connectivity index (χ2n) is 5.01. The minimum atomic E-state index is -0.318. The van der Waals surface area contributed by atoms with Crippen LogP contribution in [0.5, 0.6) is 0 Å². The van der Waals surface area contributed by atoms with E-state index in [1.807, 2.05) is 20.8 Å². The minimum absolute atomic E-state index is 0.318. The van der Waals surface area contributed by atoms with Crippen LogP contribution in [-0.2, 0) is 9.53 Å². The highest BCUT2D eigenvalue weighted by Crippen LogP contribution is 2.02. The lowest BCUT2D eigenvalue weighted by molar-refractivity contribution is -0.138. The lowest BCUT2D eigenvalue weighted by Crippen LogP contribution is -2.49. The SMILES string of the molecule is CC(C)(C)OC=O.CCN1CCNCC1C. The van der Waals surface area contributed by atoms with Gasteiger partial charge in [-0.3, -0.25) is 9.69 Å². The highest BCUT2D eigenvalue weighted by atomic mass is 16.5. The molecular formula is C12H26N2O2. The quantitative estimate of drug-likeness (QED) is 0.725. The summed E-state index contributed by atoms with van der Waals surface area (Å²) in [5, 5.41) is 3.36. The molecule has 4 heteroatoms. The topological polar surface area (TPSA) is 41.6 Å². The molecule has 1 atom stereocenters. The van der Waals surface area contributed by atoms with Crippen LogP contribution in [0.3, 0.4) is 0 Å². The molecule has 4 nitrogen and oxygen atoms in total. The standard InChI is InChI=1S/C7H16N2.C5H10O2/c1-3-9-5-4-8-6-7(9)2;1-5(2,3)7-4-6/h7-8H,3-6H2,1-2H3;4H,1-3H3. The summed E-state index contributed by atoms with van der Waals surface area (Å²) in [6, 6.07) is 0.740. The number of rotatable bonds is 2. The Morgan fingerprint density at radius 3 is 2.38 bits per heavy atom. The molecule has 0 spiro atoms. The van der Waals surface area contributed by atoms with Crippen LogP contribution in [0, 0.1) is 0 Å². The van der Waals surface area contributed by atoms with Gasteiger partial charge in [-0.1, -0.05) is 6.92 Å². The van der Waals surface area contributed by atoms with Crippen molar-refractivity contribution in [3.8, 4) is 0 Å². The van der Waals surface area contributed by atoms with Crippen molar-refractivity contribution in [1.29, 1.82) is 0 Å². The van der Waals surface area contributed by atoms with Gasteiger partial charge in [0.2, 0.25) is 0 Å². The van der Waals surface area contributed by atoms with Gasteiger partial charge in [-0.15, -0.1) is 0 Å². The fourth-order valence-electron chi connectivity index (χ4n) is 1.50. The second kappa shape index (κ2) is 7.63. The predicted molar refractivity (Wildman–Crippen MR) is 66.5 cm³/mol. The van der Waals surface area contributed by atoms with E-state index in [1.54, 1.807) is 0 Å². The van der Waals surface area contributed by atoms with Crippen molar-refractivity contribution in [2.45, 2.75) is 46.3 Å². The maximum absolute atomic E-state index is 9.60. The fourth-order valence-corrected chi connectivity index (χ4v) is 1.50. The highest BCUT2D eigenvalue weighted by Gasteiger charge is 2.14. The first kappa shape index (κ1) is 15.4. The first-order chi connectivity index (χ1) is 7.40. The Labute approximate surface area is 99.3 Å². The lowest BCUT2D eigenvalue weighted by atomic mass is 10.2. The van der Waals surface area contributed by atoms with Crippen molar-refractivity contribution in [2.24, 2.45) is 0 Å². The number of hydrogen-bond donors (Lipinski definition) is 1. The van der Waals surface area contributed by atoms with Crippen LogP contribution in [0.15, 0.2) is 0 Å². The third-order valence-corrected chi connectivity index (χ3v) is 2.45. The molecule has 1 saturated heterocycles. The van der Waals surface area contributed by atoms with E-state index in [1.165, 1.54) is 13.1 Å². The van der Waals surface area contributed by atoms with E-state index in [4.69, 9.17) is 0 Å². The van der Waals surface area contributed by atoms with Gasteiger partial charge in [-0.25, -0.2) is 0 Å². The molecule has 0 radical (unpaired) electrons. The molecule has 96 valence electrons. The Morgan fingerprint density at radius 2 is 2.12 bits per heavy atom. The second-order valence-corrected chi connectivity index (χ2v) is 5.01. The molecule has 1 N–H and O–H groups in total. The van der Waals surface area contributed by atoms with E-state index in [0.29, 0.717) is 6.47 Å². The summed E-state index contributed by atoms with van der Waals surface area (Å²) in [5.41, 5.74) is -0.318. The van der Waals surface area contributed by atoms with E-state index in [2.05, 4.69) is 28.8 Å². The summed E-state index contributed by atoms with van der Waals surface area (Å²) in [6.45, 7) is 15.2. The molecule has 0 amide bonds. The van der Waals surface area contributed by atoms with Crippen LogP contribution < -0.4 is 5.32 Å². The molecule has 1 heterocycles. The summed E-state index contributed by atoms with van der Waals surface area (Å²) in [6.07, 6.45) is 0.